The minimum Gasteiger partial charge on any atom is -0.404 e. The number of unbranched alkanes of at least 4 members (excludes halogenated alkanes) is 2. The van der Waals surface area contributed by atoms with Crippen molar-refractivity contribution in [3.05, 3.63) is 89.8 Å². The molecule has 2 rings (SSSR count). The van der Waals surface area contributed by atoms with E-state index in [1.165, 1.54) is 37.2 Å². The summed E-state index contributed by atoms with van der Waals surface area (Å²) in [4.78, 5) is 4.52. The van der Waals surface area contributed by atoms with Crippen LogP contribution in [0.2, 0.25) is 0 Å². The number of nitrogens with one attached hydrogen (secondary N) is 2. The van der Waals surface area contributed by atoms with E-state index in [1.807, 2.05) is 24.4 Å². The number of allylic oxidation sites excluding steroid dienone is 4. The van der Waals surface area contributed by atoms with Crippen LogP contribution in [0.4, 0.5) is 5.82 Å². The molecule has 0 radical (unpaired) electrons. The number of benzene rings is 1. The highest BCUT2D eigenvalue weighted by Crippen LogP contribution is 2.23. The van der Waals surface area contributed by atoms with Gasteiger partial charge < -0.3 is 16.5 Å². The summed E-state index contributed by atoms with van der Waals surface area (Å²) in [5.41, 5.74) is 10.8. The number of rotatable bonds is 11. The molecule has 0 bridgehead atoms. The molecule has 0 amide bonds. The van der Waals surface area contributed by atoms with E-state index >= 15 is 0 Å². The molecule has 4 N–H and O–H groups in total. The molecule has 4 nitrogen and oxygen atoms in total. The maximum Gasteiger partial charge on any atom is 0.129 e. The van der Waals surface area contributed by atoms with Gasteiger partial charge in [-0.2, -0.15) is 0 Å². The van der Waals surface area contributed by atoms with E-state index in [0.717, 1.165) is 34.5 Å². The maximum absolute atomic E-state index is 7.13. The van der Waals surface area contributed by atoms with Crippen LogP contribution in [0.3, 0.4) is 0 Å². The van der Waals surface area contributed by atoms with Gasteiger partial charge in [0, 0.05) is 25.2 Å². The fourth-order valence-corrected chi connectivity index (χ4v) is 2.99. The Hall–Kier alpha value is -3.14. The maximum atomic E-state index is 7.13. The molecule has 4 heteroatoms. The lowest BCUT2D eigenvalue weighted by molar-refractivity contribution is 0.716. The van der Waals surface area contributed by atoms with Gasteiger partial charge in [0.25, 0.3) is 0 Å². The fraction of sp³-hybridized carbons (Fsp3) is 0.250. The second kappa shape index (κ2) is 11.5. The molecule has 0 atom stereocenters. The topological polar surface area (TPSA) is 74.8 Å². The number of anilines is 1. The lowest BCUT2D eigenvalue weighted by atomic mass is 9.98. The van der Waals surface area contributed by atoms with E-state index in [-0.39, 0.29) is 0 Å². The fourth-order valence-electron chi connectivity index (χ4n) is 2.99. The molecule has 28 heavy (non-hydrogen) atoms. The summed E-state index contributed by atoms with van der Waals surface area (Å²) in [5.74, 6) is 0.958. The van der Waals surface area contributed by atoms with Crippen molar-refractivity contribution in [1.82, 2.24) is 4.98 Å². The van der Waals surface area contributed by atoms with Crippen LogP contribution in [0.15, 0.2) is 73.1 Å². The third-order valence-electron chi connectivity index (χ3n) is 4.58. The van der Waals surface area contributed by atoms with Crippen LogP contribution in [0.5, 0.6) is 0 Å². The van der Waals surface area contributed by atoms with Crippen molar-refractivity contribution in [3.8, 4) is 0 Å². The van der Waals surface area contributed by atoms with Crippen LogP contribution < -0.4 is 11.1 Å². The lowest BCUT2D eigenvalue weighted by Gasteiger charge is -2.12. The van der Waals surface area contributed by atoms with Crippen molar-refractivity contribution >= 4 is 17.6 Å². The van der Waals surface area contributed by atoms with Gasteiger partial charge in [-0.1, -0.05) is 56.7 Å². The third-order valence-corrected chi connectivity index (χ3v) is 4.58. The van der Waals surface area contributed by atoms with E-state index in [4.69, 9.17) is 11.1 Å². The predicted octanol–water partition coefficient (Wildman–Crippen LogP) is 5.49. The number of aromatic nitrogens is 1. The van der Waals surface area contributed by atoms with Gasteiger partial charge in [-0.05, 0) is 58.9 Å². The summed E-state index contributed by atoms with van der Waals surface area (Å²) in [6, 6.07) is 12.4. The summed E-state index contributed by atoms with van der Waals surface area (Å²) in [7, 11) is 0. The molecule has 2 aromatic rings. The van der Waals surface area contributed by atoms with Crippen molar-refractivity contribution in [3.63, 3.8) is 0 Å². The van der Waals surface area contributed by atoms with Crippen LogP contribution in [0.1, 0.15) is 42.9 Å². The summed E-state index contributed by atoms with van der Waals surface area (Å²) < 4.78 is 0. The molecule has 0 spiro atoms. The Morgan fingerprint density at radius 1 is 1.25 bits per heavy atom. The zero-order valence-electron chi connectivity index (χ0n) is 16.6. The Balaban J connectivity index is 2.09. The number of hydrogen-bond donors (Lipinski definition) is 3. The van der Waals surface area contributed by atoms with Gasteiger partial charge in [-0.3, -0.25) is 0 Å². The average Bonchev–Trinajstić information content (AvgIpc) is 2.74. The number of aryl methyl sites for hydroxylation is 1. The van der Waals surface area contributed by atoms with Crippen LogP contribution in [0, 0.1) is 5.41 Å². The molecule has 1 aromatic heterocycles. The molecule has 146 valence electrons. The second-order valence-electron chi connectivity index (χ2n) is 6.65. The molecule has 0 aliphatic rings. The third kappa shape index (κ3) is 6.23. The average molecular weight is 375 g/mol. The minimum absolute atomic E-state index is 0.691. The highest BCUT2D eigenvalue weighted by molar-refractivity contribution is 5.82. The highest BCUT2D eigenvalue weighted by atomic mass is 15.0. The summed E-state index contributed by atoms with van der Waals surface area (Å²) in [5, 5.41) is 10.6. The van der Waals surface area contributed by atoms with Gasteiger partial charge in [0.1, 0.15) is 5.82 Å². The molecule has 0 aliphatic heterocycles. The molecular formula is C24H30N4. The van der Waals surface area contributed by atoms with Gasteiger partial charge >= 0.3 is 0 Å². The van der Waals surface area contributed by atoms with Gasteiger partial charge in [-0.25, -0.2) is 4.98 Å². The zero-order chi connectivity index (χ0) is 20.2. The second-order valence-corrected chi connectivity index (χ2v) is 6.65. The van der Waals surface area contributed by atoms with Gasteiger partial charge in [0.15, 0.2) is 0 Å². The molecule has 1 aromatic carbocycles. The van der Waals surface area contributed by atoms with E-state index in [1.54, 1.807) is 12.2 Å². The van der Waals surface area contributed by atoms with Crippen molar-refractivity contribution in [2.45, 2.75) is 39.2 Å². The van der Waals surface area contributed by atoms with Crippen molar-refractivity contribution in [1.29, 1.82) is 5.41 Å². The normalized spacial score (nSPS) is 11.5. The first-order chi connectivity index (χ1) is 13.7. The Kier molecular flexibility index (Phi) is 8.73. The van der Waals surface area contributed by atoms with Crippen LogP contribution in [-0.2, 0) is 13.0 Å². The monoisotopic (exact) mass is 374 g/mol. The van der Waals surface area contributed by atoms with Crippen LogP contribution in [-0.4, -0.2) is 11.2 Å². The Morgan fingerprint density at radius 3 is 2.86 bits per heavy atom. The lowest BCUT2D eigenvalue weighted by Crippen LogP contribution is -2.05. The quantitative estimate of drug-likeness (QED) is 0.277. The number of hydrogen-bond acceptors (Lipinski definition) is 4. The molecule has 0 saturated carbocycles. The minimum atomic E-state index is 0.691. The molecular weight excluding hydrogens is 344 g/mol. The van der Waals surface area contributed by atoms with Crippen molar-refractivity contribution < 1.29 is 0 Å². The van der Waals surface area contributed by atoms with E-state index in [0.29, 0.717) is 6.54 Å². The van der Waals surface area contributed by atoms with Crippen molar-refractivity contribution in [2.24, 2.45) is 5.73 Å². The predicted molar refractivity (Wildman–Crippen MR) is 120 cm³/mol. The standard InChI is InChI=1S/C24H30N4/c1-3-4-5-10-21-13-8-15-27-24(21)28-18-20-9-6-11-22(16-20)19(2)23(17-26)12-7-14-25/h6-9,11-17,25H,2-5,10,18,26H2,1H3,(H,27,28)/b12-7-,23-17-,25-14?. The Morgan fingerprint density at radius 2 is 2.11 bits per heavy atom. The van der Waals surface area contributed by atoms with Gasteiger partial charge in [0.05, 0.1) is 0 Å². The van der Waals surface area contributed by atoms with E-state index < -0.39 is 0 Å². The van der Waals surface area contributed by atoms with Crippen LogP contribution >= 0.6 is 0 Å². The van der Waals surface area contributed by atoms with Gasteiger partial charge in [-0.15, -0.1) is 0 Å². The highest BCUT2D eigenvalue weighted by Gasteiger charge is 2.06. The molecule has 0 aliphatic carbocycles. The summed E-state index contributed by atoms with van der Waals surface area (Å²) in [6.07, 6.45) is 12.7. The Bertz CT molecular complexity index is 849. The number of nitrogens with two attached hydrogens (primary N) is 1. The number of pyridine rings is 1. The smallest absolute Gasteiger partial charge is 0.129 e. The molecule has 0 unspecified atom stereocenters. The number of nitrogens with zero attached hydrogens (tertiary/aromatic N) is 1. The zero-order valence-corrected chi connectivity index (χ0v) is 16.6. The Labute approximate surface area is 168 Å². The summed E-state index contributed by atoms with van der Waals surface area (Å²) >= 11 is 0. The first kappa shape index (κ1) is 21.2. The first-order valence-electron chi connectivity index (χ1n) is 9.75. The SMILES string of the molecule is C=C(C(/C=C\C=N)=C\N)c1cccc(CNc2ncccc2CCCCC)c1. The van der Waals surface area contributed by atoms with Gasteiger partial charge in [0.2, 0.25) is 0 Å². The molecule has 0 fully saturated rings. The largest absolute Gasteiger partial charge is 0.404 e. The van der Waals surface area contributed by atoms with Crippen molar-refractivity contribution in [2.75, 3.05) is 5.32 Å². The molecule has 0 saturated heterocycles. The summed E-state index contributed by atoms with van der Waals surface area (Å²) in [6.45, 7) is 7.07. The van der Waals surface area contributed by atoms with Crippen LogP contribution in [0.25, 0.3) is 5.57 Å². The molecule has 1 heterocycles. The van der Waals surface area contributed by atoms with E-state index in [2.05, 4.69) is 42.0 Å². The van der Waals surface area contributed by atoms with E-state index in [9.17, 15) is 0 Å². The first-order valence-corrected chi connectivity index (χ1v) is 9.75.